The van der Waals surface area contributed by atoms with Gasteiger partial charge < -0.3 is 14.6 Å². The Bertz CT molecular complexity index is 894. The molecule has 0 radical (unpaired) electrons. The highest BCUT2D eigenvalue weighted by atomic mass is 79.9. The zero-order valence-electron chi connectivity index (χ0n) is 13.7. The first-order valence-electron chi connectivity index (χ1n) is 7.47. The molecule has 0 saturated carbocycles. The number of anilines is 1. The largest absolute Gasteiger partial charge is 0.497 e. The molecule has 128 valence electrons. The Morgan fingerprint density at radius 1 is 1.24 bits per heavy atom. The van der Waals surface area contributed by atoms with Crippen molar-refractivity contribution in [1.29, 1.82) is 0 Å². The smallest absolute Gasteiger partial charge is 0.256 e. The van der Waals surface area contributed by atoms with E-state index in [0.717, 1.165) is 15.7 Å². The maximum Gasteiger partial charge on any atom is 0.256 e. The Balaban J connectivity index is 1.71. The standard InChI is InChI=1S/C18H16BrN3O2S/c1-22-10-9-20-18(22)25-14-6-3-12(4-7-14)21-17(23)15-11-13(24-2)5-8-16(15)19/h3-11H,1-2H3,(H,21,23). The number of halogens is 1. The molecule has 0 saturated heterocycles. The Kier molecular flexibility index (Phi) is 5.45. The van der Waals surface area contributed by atoms with Crippen LogP contribution in [-0.2, 0) is 7.05 Å². The number of methoxy groups -OCH3 is 1. The van der Waals surface area contributed by atoms with Crippen LogP contribution in [-0.4, -0.2) is 22.6 Å². The van der Waals surface area contributed by atoms with Gasteiger partial charge in [0.05, 0.1) is 12.7 Å². The number of nitrogens with one attached hydrogen (secondary N) is 1. The number of ether oxygens (including phenoxy) is 1. The number of hydrogen-bond donors (Lipinski definition) is 1. The van der Waals surface area contributed by atoms with Crippen LogP contribution < -0.4 is 10.1 Å². The van der Waals surface area contributed by atoms with Crippen LogP contribution in [0, 0.1) is 0 Å². The lowest BCUT2D eigenvalue weighted by atomic mass is 10.2. The van der Waals surface area contributed by atoms with Crippen molar-refractivity contribution in [3.05, 3.63) is 64.9 Å². The van der Waals surface area contributed by atoms with E-state index in [4.69, 9.17) is 4.74 Å². The third-order valence-corrected chi connectivity index (χ3v) is 5.29. The van der Waals surface area contributed by atoms with E-state index in [1.807, 2.05) is 42.1 Å². The van der Waals surface area contributed by atoms with Crippen molar-refractivity contribution in [1.82, 2.24) is 9.55 Å². The first kappa shape index (κ1) is 17.6. The molecule has 1 N–H and O–H groups in total. The molecule has 0 unspecified atom stereocenters. The maximum atomic E-state index is 12.5. The zero-order chi connectivity index (χ0) is 17.8. The van der Waals surface area contributed by atoms with E-state index < -0.39 is 0 Å². The van der Waals surface area contributed by atoms with Gasteiger partial charge in [-0.25, -0.2) is 4.98 Å². The van der Waals surface area contributed by atoms with Gasteiger partial charge in [0.25, 0.3) is 5.91 Å². The Morgan fingerprint density at radius 3 is 2.64 bits per heavy atom. The van der Waals surface area contributed by atoms with Crippen LogP contribution in [0.2, 0.25) is 0 Å². The minimum Gasteiger partial charge on any atom is -0.497 e. The second kappa shape index (κ2) is 7.76. The summed E-state index contributed by atoms with van der Waals surface area (Å²) in [6.07, 6.45) is 3.67. The fraction of sp³-hybridized carbons (Fsp3) is 0.111. The van der Waals surface area contributed by atoms with Crippen LogP contribution in [0.25, 0.3) is 0 Å². The number of aryl methyl sites for hydroxylation is 1. The van der Waals surface area contributed by atoms with Crippen molar-refractivity contribution in [2.45, 2.75) is 10.1 Å². The molecule has 3 aromatic rings. The van der Waals surface area contributed by atoms with Crippen molar-refractivity contribution in [2.75, 3.05) is 12.4 Å². The number of carbonyl (C=O) groups is 1. The highest BCUT2D eigenvalue weighted by Crippen LogP contribution is 2.27. The Hall–Kier alpha value is -2.25. The molecule has 1 aromatic heterocycles. The van der Waals surface area contributed by atoms with E-state index >= 15 is 0 Å². The Labute approximate surface area is 158 Å². The normalized spacial score (nSPS) is 10.5. The SMILES string of the molecule is COc1ccc(Br)c(C(=O)Nc2ccc(Sc3nccn3C)cc2)c1. The monoisotopic (exact) mass is 417 g/mol. The fourth-order valence-electron chi connectivity index (χ4n) is 2.17. The average Bonchev–Trinajstić information content (AvgIpc) is 3.02. The van der Waals surface area contributed by atoms with Gasteiger partial charge in [0.1, 0.15) is 5.75 Å². The predicted molar refractivity (Wildman–Crippen MR) is 102 cm³/mol. The summed E-state index contributed by atoms with van der Waals surface area (Å²) in [4.78, 5) is 17.8. The fourth-order valence-corrected chi connectivity index (χ4v) is 3.39. The number of imidazole rings is 1. The minimum absolute atomic E-state index is 0.199. The summed E-state index contributed by atoms with van der Waals surface area (Å²) >= 11 is 4.96. The van der Waals surface area contributed by atoms with Gasteiger partial charge in [-0.15, -0.1) is 0 Å². The molecule has 1 amide bonds. The van der Waals surface area contributed by atoms with Crippen LogP contribution in [0.3, 0.4) is 0 Å². The van der Waals surface area contributed by atoms with E-state index in [2.05, 4.69) is 26.2 Å². The summed E-state index contributed by atoms with van der Waals surface area (Å²) in [5, 5.41) is 3.81. The first-order chi connectivity index (χ1) is 12.1. The molecular formula is C18H16BrN3O2S. The van der Waals surface area contributed by atoms with Crippen LogP contribution in [0.1, 0.15) is 10.4 Å². The van der Waals surface area contributed by atoms with Crippen molar-refractivity contribution >= 4 is 39.3 Å². The van der Waals surface area contributed by atoms with Gasteiger partial charge in [0.2, 0.25) is 0 Å². The van der Waals surface area contributed by atoms with Gasteiger partial charge >= 0.3 is 0 Å². The van der Waals surface area contributed by atoms with Crippen LogP contribution >= 0.6 is 27.7 Å². The third kappa shape index (κ3) is 4.24. The lowest BCUT2D eigenvalue weighted by Crippen LogP contribution is -2.12. The van der Waals surface area contributed by atoms with E-state index in [0.29, 0.717) is 15.8 Å². The van der Waals surface area contributed by atoms with Crippen molar-refractivity contribution in [2.24, 2.45) is 7.05 Å². The van der Waals surface area contributed by atoms with Gasteiger partial charge in [0.15, 0.2) is 5.16 Å². The van der Waals surface area contributed by atoms with Gasteiger partial charge in [-0.3, -0.25) is 4.79 Å². The molecule has 0 bridgehead atoms. The molecule has 7 heteroatoms. The van der Waals surface area contributed by atoms with E-state index in [-0.39, 0.29) is 5.91 Å². The predicted octanol–water partition coefficient (Wildman–Crippen LogP) is 4.59. The number of nitrogens with zero attached hydrogens (tertiary/aromatic N) is 2. The summed E-state index contributed by atoms with van der Waals surface area (Å²) in [6, 6.07) is 12.9. The van der Waals surface area contributed by atoms with E-state index in [9.17, 15) is 4.79 Å². The molecule has 0 aliphatic heterocycles. The van der Waals surface area contributed by atoms with Crippen molar-refractivity contribution < 1.29 is 9.53 Å². The van der Waals surface area contributed by atoms with Crippen LogP contribution in [0.15, 0.2) is 69.4 Å². The molecule has 5 nitrogen and oxygen atoms in total. The number of hydrogen-bond acceptors (Lipinski definition) is 4. The highest BCUT2D eigenvalue weighted by molar-refractivity contribution is 9.10. The molecule has 0 aliphatic carbocycles. The summed E-state index contributed by atoms with van der Waals surface area (Å²) in [5.41, 5.74) is 1.25. The quantitative estimate of drug-likeness (QED) is 0.658. The van der Waals surface area contributed by atoms with Crippen LogP contribution in [0.4, 0.5) is 5.69 Å². The zero-order valence-corrected chi connectivity index (χ0v) is 16.1. The maximum absolute atomic E-state index is 12.5. The molecular weight excluding hydrogens is 402 g/mol. The molecule has 0 spiro atoms. The molecule has 25 heavy (non-hydrogen) atoms. The highest BCUT2D eigenvalue weighted by Gasteiger charge is 2.12. The number of benzene rings is 2. The summed E-state index contributed by atoms with van der Waals surface area (Å²) in [7, 11) is 3.53. The van der Waals surface area contributed by atoms with E-state index in [1.54, 1.807) is 43.3 Å². The minimum atomic E-state index is -0.199. The summed E-state index contributed by atoms with van der Waals surface area (Å²) in [5.74, 6) is 0.436. The number of carbonyl (C=O) groups excluding carboxylic acids is 1. The molecule has 1 heterocycles. The second-order valence-electron chi connectivity index (χ2n) is 5.25. The lowest BCUT2D eigenvalue weighted by molar-refractivity contribution is 0.102. The number of amides is 1. The number of rotatable bonds is 5. The second-order valence-corrected chi connectivity index (χ2v) is 7.14. The average molecular weight is 418 g/mol. The topological polar surface area (TPSA) is 56.1 Å². The molecule has 0 fully saturated rings. The van der Waals surface area contributed by atoms with Gasteiger partial charge in [-0.1, -0.05) is 11.8 Å². The molecule has 0 aliphatic rings. The summed E-state index contributed by atoms with van der Waals surface area (Å²) in [6.45, 7) is 0. The summed E-state index contributed by atoms with van der Waals surface area (Å²) < 4.78 is 7.85. The van der Waals surface area contributed by atoms with Gasteiger partial charge in [0, 0.05) is 34.5 Å². The molecule has 3 rings (SSSR count). The lowest BCUT2D eigenvalue weighted by Gasteiger charge is -2.09. The molecule has 2 aromatic carbocycles. The van der Waals surface area contributed by atoms with Gasteiger partial charge in [-0.2, -0.15) is 0 Å². The Morgan fingerprint density at radius 2 is 2.00 bits per heavy atom. The van der Waals surface area contributed by atoms with E-state index in [1.165, 1.54) is 0 Å². The van der Waals surface area contributed by atoms with Crippen LogP contribution in [0.5, 0.6) is 5.75 Å². The van der Waals surface area contributed by atoms with Crippen molar-refractivity contribution in [3.8, 4) is 5.75 Å². The van der Waals surface area contributed by atoms with Crippen molar-refractivity contribution in [3.63, 3.8) is 0 Å². The van der Waals surface area contributed by atoms with Gasteiger partial charge in [-0.05, 0) is 58.4 Å². The third-order valence-electron chi connectivity index (χ3n) is 3.52. The molecule has 0 atom stereocenters. The first-order valence-corrected chi connectivity index (χ1v) is 9.08. The number of aromatic nitrogens is 2.